The number of rotatable bonds is 2. The second kappa shape index (κ2) is 6.48. The van der Waals surface area contributed by atoms with Gasteiger partial charge in [-0.1, -0.05) is 18.2 Å². The molecule has 1 aromatic carbocycles. The van der Waals surface area contributed by atoms with Crippen LogP contribution in [0.1, 0.15) is 30.1 Å². The van der Waals surface area contributed by atoms with E-state index >= 15 is 0 Å². The number of thioether (sulfide) groups is 2. The van der Waals surface area contributed by atoms with E-state index in [-0.39, 0.29) is 23.8 Å². The summed E-state index contributed by atoms with van der Waals surface area (Å²) < 4.78 is 4.53. The third-order valence-corrected chi connectivity index (χ3v) is 9.77. The summed E-state index contributed by atoms with van der Waals surface area (Å²) in [7, 11) is 1.46. The molecule has 27 heavy (non-hydrogen) atoms. The lowest BCUT2D eigenvalue weighted by Gasteiger charge is -2.45. The number of carbonyl (C=O) groups excluding carboxylic acids is 2. The van der Waals surface area contributed by atoms with Crippen LogP contribution in [0.3, 0.4) is 0 Å². The Balaban J connectivity index is 1.55. The van der Waals surface area contributed by atoms with Gasteiger partial charge in [0.15, 0.2) is 4.08 Å². The zero-order valence-electron chi connectivity index (χ0n) is 15.2. The number of ether oxygens (including phenoxy) is 1. The second-order valence-electron chi connectivity index (χ2n) is 7.41. The molecule has 2 fully saturated rings. The Morgan fingerprint density at radius 1 is 1.30 bits per heavy atom. The molecule has 0 radical (unpaired) electrons. The number of hydrogen-bond donors (Lipinski definition) is 1. The van der Waals surface area contributed by atoms with Gasteiger partial charge in [-0.2, -0.15) is 0 Å². The summed E-state index contributed by atoms with van der Waals surface area (Å²) in [6.07, 6.45) is 2.12. The van der Waals surface area contributed by atoms with E-state index in [9.17, 15) is 9.59 Å². The molecule has 142 valence electrons. The van der Waals surface area contributed by atoms with Gasteiger partial charge in [-0.05, 0) is 24.5 Å². The average Bonchev–Trinajstić information content (AvgIpc) is 3.33. The Labute approximate surface area is 166 Å². The van der Waals surface area contributed by atoms with E-state index in [2.05, 4.69) is 23.2 Å². The zero-order chi connectivity index (χ0) is 18.6. The third kappa shape index (κ3) is 2.54. The molecule has 7 heteroatoms. The van der Waals surface area contributed by atoms with Crippen molar-refractivity contribution in [1.29, 1.82) is 0 Å². The van der Waals surface area contributed by atoms with Gasteiger partial charge in [-0.15, -0.1) is 23.5 Å². The molecule has 1 aromatic heterocycles. The summed E-state index contributed by atoms with van der Waals surface area (Å²) in [6.45, 7) is 0.760. The van der Waals surface area contributed by atoms with Crippen LogP contribution in [0, 0.1) is 5.92 Å². The van der Waals surface area contributed by atoms with Crippen molar-refractivity contribution in [1.82, 2.24) is 9.88 Å². The molecule has 0 spiro atoms. The van der Waals surface area contributed by atoms with E-state index in [1.54, 1.807) is 23.5 Å². The van der Waals surface area contributed by atoms with Crippen LogP contribution in [0.5, 0.6) is 0 Å². The van der Waals surface area contributed by atoms with Crippen LogP contribution in [-0.4, -0.2) is 51.0 Å². The Bertz CT molecular complexity index is 919. The third-order valence-electron chi connectivity index (χ3n) is 6.13. The van der Waals surface area contributed by atoms with Crippen LogP contribution in [0.25, 0.3) is 10.9 Å². The zero-order valence-corrected chi connectivity index (χ0v) is 16.8. The SMILES string of the molecule is COC(=O)C1([C@@H]2CC(=O)N3CCc4c([nH]c5ccccc45)[C@H]3C2)SCCS1. The molecule has 5 rings (SSSR count). The minimum absolute atomic E-state index is 0.00596. The Hall–Kier alpha value is -1.60. The number of hydrogen-bond acceptors (Lipinski definition) is 5. The van der Waals surface area contributed by atoms with Gasteiger partial charge in [0.25, 0.3) is 0 Å². The molecule has 0 unspecified atom stereocenters. The number of para-hydroxylation sites is 1. The van der Waals surface area contributed by atoms with E-state index in [4.69, 9.17) is 4.74 Å². The van der Waals surface area contributed by atoms with Crippen LogP contribution in [-0.2, 0) is 20.7 Å². The number of aromatic nitrogens is 1. The number of nitrogens with zero attached hydrogens (tertiary/aromatic N) is 1. The summed E-state index contributed by atoms with van der Waals surface area (Å²) in [4.78, 5) is 31.3. The fourth-order valence-corrected chi connectivity index (χ4v) is 8.26. The minimum atomic E-state index is -0.639. The van der Waals surface area contributed by atoms with Gasteiger partial charge in [0.05, 0.1) is 13.2 Å². The predicted molar refractivity (Wildman–Crippen MR) is 109 cm³/mol. The number of H-pyrrole nitrogens is 1. The van der Waals surface area contributed by atoms with Crippen LogP contribution in [0.2, 0.25) is 0 Å². The van der Waals surface area contributed by atoms with Gasteiger partial charge < -0.3 is 14.6 Å². The normalized spacial score (nSPS) is 26.7. The van der Waals surface area contributed by atoms with Crippen LogP contribution in [0.15, 0.2) is 24.3 Å². The molecule has 3 aliphatic heterocycles. The maximum Gasteiger partial charge on any atom is 0.332 e. The van der Waals surface area contributed by atoms with Gasteiger partial charge in [-0.3, -0.25) is 4.79 Å². The molecule has 2 saturated heterocycles. The highest BCUT2D eigenvalue weighted by Gasteiger charge is 2.55. The highest BCUT2D eigenvalue weighted by molar-refractivity contribution is 8.22. The van der Waals surface area contributed by atoms with E-state index < -0.39 is 4.08 Å². The van der Waals surface area contributed by atoms with Crippen molar-refractivity contribution in [2.24, 2.45) is 5.92 Å². The first kappa shape index (κ1) is 17.5. The number of fused-ring (bicyclic) bond motifs is 5. The fraction of sp³-hybridized carbons (Fsp3) is 0.500. The molecule has 4 heterocycles. The Morgan fingerprint density at radius 2 is 2.07 bits per heavy atom. The van der Waals surface area contributed by atoms with Crippen molar-refractivity contribution >= 4 is 46.3 Å². The molecule has 2 aromatic rings. The first-order valence-electron chi connectivity index (χ1n) is 9.39. The number of piperidine rings is 1. The van der Waals surface area contributed by atoms with Crippen molar-refractivity contribution in [2.75, 3.05) is 25.2 Å². The van der Waals surface area contributed by atoms with Crippen LogP contribution >= 0.6 is 23.5 Å². The fourth-order valence-electron chi connectivity index (χ4n) is 4.92. The summed E-state index contributed by atoms with van der Waals surface area (Å²) in [5.41, 5.74) is 3.62. The summed E-state index contributed by atoms with van der Waals surface area (Å²) in [6, 6.07) is 8.38. The van der Waals surface area contributed by atoms with Gasteiger partial charge in [-0.25, -0.2) is 4.79 Å². The monoisotopic (exact) mass is 402 g/mol. The van der Waals surface area contributed by atoms with E-state index in [0.29, 0.717) is 6.42 Å². The smallest absolute Gasteiger partial charge is 0.332 e. The lowest BCUT2D eigenvalue weighted by Crippen LogP contribution is -2.51. The molecule has 0 aliphatic carbocycles. The van der Waals surface area contributed by atoms with E-state index in [1.807, 2.05) is 11.0 Å². The average molecular weight is 403 g/mol. The van der Waals surface area contributed by atoms with Crippen molar-refractivity contribution in [3.63, 3.8) is 0 Å². The number of carbonyl (C=O) groups is 2. The first-order valence-corrected chi connectivity index (χ1v) is 11.4. The number of amides is 1. The molecular weight excluding hydrogens is 380 g/mol. The van der Waals surface area contributed by atoms with Crippen molar-refractivity contribution < 1.29 is 14.3 Å². The van der Waals surface area contributed by atoms with Crippen LogP contribution in [0.4, 0.5) is 0 Å². The second-order valence-corrected chi connectivity index (χ2v) is 10.3. The van der Waals surface area contributed by atoms with Crippen LogP contribution < -0.4 is 0 Å². The van der Waals surface area contributed by atoms with Gasteiger partial charge in [0.2, 0.25) is 5.91 Å². The van der Waals surface area contributed by atoms with E-state index in [0.717, 1.165) is 42.1 Å². The minimum Gasteiger partial charge on any atom is -0.467 e. The number of esters is 1. The number of methoxy groups -OCH3 is 1. The summed E-state index contributed by atoms with van der Waals surface area (Å²) in [5.74, 6) is 1.83. The molecule has 0 bridgehead atoms. The molecular formula is C20H22N2O3S2. The number of nitrogens with one attached hydrogen (secondary N) is 1. The Morgan fingerprint density at radius 3 is 2.85 bits per heavy atom. The molecule has 1 amide bonds. The van der Waals surface area contributed by atoms with Gasteiger partial charge in [0.1, 0.15) is 0 Å². The summed E-state index contributed by atoms with van der Waals surface area (Å²) >= 11 is 3.33. The molecule has 3 aliphatic rings. The molecule has 5 nitrogen and oxygen atoms in total. The van der Waals surface area contributed by atoms with Gasteiger partial charge in [0, 0.05) is 47.0 Å². The Kier molecular flexibility index (Phi) is 4.20. The predicted octanol–water partition coefficient (Wildman–Crippen LogP) is 3.35. The molecule has 2 atom stereocenters. The number of benzene rings is 1. The lowest BCUT2D eigenvalue weighted by atomic mass is 9.82. The quantitative estimate of drug-likeness (QED) is 0.781. The standard InChI is InChI=1S/C20H22N2O3S2/c1-25-19(24)20(26-8-9-27-20)12-10-16-18-14(6-7-22(16)17(23)11-12)13-4-2-3-5-15(13)21-18/h2-5,12,16,21H,6-11H2,1H3/t12-,16+/m0/s1. The number of aromatic amines is 1. The topological polar surface area (TPSA) is 62.4 Å². The largest absolute Gasteiger partial charge is 0.467 e. The lowest BCUT2D eigenvalue weighted by molar-refractivity contribution is -0.145. The van der Waals surface area contributed by atoms with Crippen molar-refractivity contribution in [2.45, 2.75) is 29.4 Å². The maximum atomic E-state index is 13.0. The molecule has 1 N–H and O–H groups in total. The first-order chi connectivity index (χ1) is 13.1. The maximum absolute atomic E-state index is 13.0. The van der Waals surface area contributed by atoms with Crippen molar-refractivity contribution in [3.05, 3.63) is 35.5 Å². The van der Waals surface area contributed by atoms with E-state index in [1.165, 1.54) is 18.1 Å². The van der Waals surface area contributed by atoms with Gasteiger partial charge >= 0.3 is 5.97 Å². The summed E-state index contributed by atoms with van der Waals surface area (Å²) in [5, 5.41) is 1.26. The highest BCUT2D eigenvalue weighted by Crippen LogP contribution is 2.56. The highest BCUT2D eigenvalue weighted by atomic mass is 32.2. The van der Waals surface area contributed by atoms with Crippen molar-refractivity contribution in [3.8, 4) is 0 Å². The molecule has 0 saturated carbocycles.